The lowest BCUT2D eigenvalue weighted by Gasteiger charge is -2.22. The Morgan fingerprint density at radius 3 is 3.08 bits per heavy atom. The molecule has 2 rings (SSSR count). The molecule has 0 radical (unpaired) electrons. The highest BCUT2D eigenvalue weighted by molar-refractivity contribution is 5.35. The highest BCUT2D eigenvalue weighted by atomic mass is 14.6. The second-order valence-electron chi connectivity index (χ2n) is 3.70. The maximum absolute atomic E-state index is 6.00. The van der Waals surface area contributed by atoms with Crippen molar-refractivity contribution >= 4 is 0 Å². The van der Waals surface area contributed by atoms with Crippen LogP contribution in [-0.2, 0) is 6.42 Å². The van der Waals surface area contributed by atoms with Crippen LogP contribution in [0.5, 0.6) is 0 Å². The molecule has 64 valence electrons. The highest BCUT2D eigenvalue weighted by Gasteiger charge is 2.15. The van der Waals surface area contributed by atoms with Crippen LogP contribution < -0.4 is 5.73 Å². The Balaban J connectivity index is 2.46. The number of hydrogen-bond donors (Lipinski definition) is 1. The number of rotatable bonds is 0. The molecule has 0 saturated carbocycles. The van der Waals surface area contributed by atoms with E-state index in [2.05, 4.69) is 25.1 Å². The van der Waals surface area contributed by atoms with Gasteiger partial charge in [-0.15, -0.1) is 0 Å². The number of benzene rings is 1. The van der Waals surface area contributed by atoms with E-state index in [1.807, 2.05) is 0 Å². The number of hydrogen-bond acceptors (Lipinski definition) is 1. The summed E-state index contributed by atoms with van der Waals surface area (Å²) in [4.78, 5) is 0. The van der Waals surface area contributed by atoms with Crippen molar-refractivity contribution in [3.05, 3.63) is 34.9 Å². The third-order valence-electron chi connectivity index (χ3n) is 2.66. The van der Waals surface area contributed by atoms with Crippen molar-refractivity contribution in [3.63, 3.8) is 0 Å². The summed E-state index contributed by atoms with van der Waals surface area (Å²) < 4.78 is 0. The zero-order valence-corrected chi connectivity index (χ0v) is 7.51. The molecule has 1 nitrogen and oxygen atoms in total. The molecule has 2 N–H and O–H groups in total. The lowest BCUT2D eigenvalue weighted by molar-refractivity contribution is 0.570. The first-order chi connectivity index (χ1) is 5.77. The van der Waals surface area contributed by atoms with E-state index in [9.17, 15) is 0 Å². The lowest BCUT2D eigenvalue weighted by Crippen LogP contribution is -2.17. The molecule has 1 aromatic rings. The number of aryl methyl sites for hydroxylation is 2. The van der Waals surface area contributed by atoms with Gasteiger partial charge < -0.3 is 5.73 Å². The molecule has 1 aliphatic rings. The first-order valence-corrected chi connectivity index (χ1v) is 4.62. The van der Waals surface area contributed by atoms with Crippen LogP contribution >= 0.6 is 0 Å². The Bertz CT molecular complexity index is 291. The Kier molecular flexibility index (Phi) is 1.89. The summed E-state index contributed by atoms with van der Waals surface area (Å²) in [7, 11) is 0. The van der Waals surface area contributed by atoms with Gasteiger partial charge in [0.1, 0.15) is 0 Å². The molecule has 0 bridgehead atoms. The smallest absolute Gasteiger partial charge is 0.0297 e. The third-order valence-corrected chi connectivity index (χ3v) is 2.66. The zero-order chi connectivity index (χ0) is 8.55. The molecule has 12 heavy (non-hydrogen) atoms. The third kappa shape index (κ3) is 1.25. The van der Waals surface area contributed by atoms with Crippen LogP contribution in [0.15, 0.2) is 18.2 Å². The van der Waals surface area contributed by atoms with Gasteiger partial charge in [0, 0.05) is 6.04 Å². The fourth-order valence-electron chi connectivity index (χ4n) is 1.98. The molecule has 0 unspecified atom stereocenters. The molecular formula is C11H15N. The Morgan fingerprint density at radius 2 is 2.25 bits per heavy atom. The van der Waals surface area contributed by atoms with Crippen LogP contribution in [0, 0.1) is 6.92 Å². The molecule has 0 aromatic heterocycles. The van der Waals surface area contributed by atoms with Crippen molar-refractivity contribution in [1.82, 2.24) is 0 Å². The molecule has 0 saturated heterocycles. The van der Waals surface area contributed by atoms with E-state index in [4.69, 9.17) is 5.73 Å². The van der Waals surface area contributed by atoms with Crippen LogP contribution in [-0.4, -0.2) is 0 Å². The van der Waals surface area contributed by atoms with Gasteiger partial charge in [0.15, 0.2) is 0 Å². The quantitative estimate of drug-likeness (QED) is 0.621. The first kappa shape index (κ1) is 7.81. The van der Waals surface area contributed by atoms with Crippen LogP contribution in [0.25, 0.3) is 0 Å². The van der Waals surface area contributed by atoms with Crippen LogP contribution in [0.3, 0.4) is 0 Å². The Morgan fingerprint density at radius 1 is 1.42 bits per heavy atom. The largest absolute Gasteiger partial charge is 0.324 e. The van der Waals surface area contributed by atoms with E-state index in [0.29, 0.717) is 0 Å². The second kappa shape index (κ2) is 2.91. The van der Waals surface area contributed by atoms with Gasteiger partial charge in [0.05, 0.1) is 0 Å². The summed E-state index contributed by atoms with van der Waals surface area (Å²) in [6, 6.07) is 6.90. The molecule has 0 spiro atoms. The summed E-state index contributed by atoms with van der Waals surface area (Å²) in [5.41, 5.74) is 10.2. The fraction of sp³-hybridized carbons (Fsp3) is 0.455. The standard InChI is InChI=1S/C11H15N/c1-8-5-6-10-9(7-8)3-2-4-11(10)12/h5-7,11H,2-4,12H2,1H3/t11-/m0/s1. The van der Waals surface area contributed by atoms with Crippen LogP contribution in [0.1, 0.15) is 35.6 Å². The van der Waals surface area contributed by atoms with Crippen molar-refractivity contribution in [1.29, 1.82) is 0 Å². The molecule has 1 atom stereocenters. The lowest BCUT2D eigenvalue weighted by atomic mass is 9.87. The molecule has 0 amide bonds. The van der Waals surface area contributed by atoms with Crippen LogP contribution in [0.2, 0.25) is 0 Å². The summed E-state index contributed by atoms with van der Waals surface area (Å²) in [6.07, 6.45) is 3.61. The van der Waals surface area contributed by atoms with Crippen molar-refractivity contribution in [2.75, 3.05) is 0 Å². The minimum absolute atomic E-state index is 0.286. The SMILES string of the molecule is Cc1ccc2c(c1)CCC[C@@H]2N. The number of nitrogens with two attached hydrogens (primary N) is 1. The highest BCUT2D eigenvalue weighted by Crippen LogP contribution is 2.28. The molecule has 0 fully saturated rings. The minimum atomic E-state index is 0.286. The first-order valence-electron chi connectivity index (χ1n) is 4.62. The molecule has 0 aliphatic heterocycles. The van der Waals surface area contributed by atoms with Gasteiger partial charge in [-0.2, -0.15) is 0 Å². The maximum Gasteiger partial charge on any atom is 0.0297 e. The van der Waals surface area contributed by atoms with E-state index in [1.54, 1.807) is 0 Å². The van der Waals surface area contributed by atoms with Gasteiger partial charge in [0.25, 0.3) is 0 Å². The van der Waals surface area contributed by atoms with Gasteiger partial charge in [-0.05, 0) is 37.3 Å². The van der Waals surface area contributed by atoms with Gasteiger partial charge in [-0.25, -0.2) is 0 Å². The van der Waals surface area contributed by atoms with E-state index >= 15 is 0 Å². The minimum Gasteiger partial charge on any atom is -0.324 e. The van der Waals surface area contributed by atoms with E-state index in [1.165, 1.54) is 29.5 Å². The van der Waals surface area contributed by atoms with E-state index < -0.39 is 0 Å². The maximum atomic E-state index is 6.00. The summed E-state index contributed by atoms with van der Waals surface area (Å²) in [5, 5.41) is 0. The Hall–Kier alpha value is -0.820. The summed E-state index contributed by atoms with van der Waals surface area (Å²) in [6.45, 7) is 2.14. The molecular weight excluding hydrogens is 146 g/mol. The molecule has 1 aliphatic carbocycles. The zero-order valence-electron chi connectivity index (χ0n) is 7.51. The monoisotopic (exact) mass is 161 g/mol. The summed E-state index contributed by atoms with van der Waals surface area (Å²) in [5.74, 6) is 0. The van der Waals surface area contributed by atoms with Crippen molar-refractivity contribution in [3.8, 4) is 0 Å². The average Bonchev–Trinajstić information content (AvgIpc) is 2.04. The van der Waals surface area contributed by atoms with Crippen molar-refractivity contribution in [2.24, 2.45) is 5.73 Å². The van der Waals surface area contributed by atoms with Gasteiger partial charge in [-0.3, -0.25) is 0 Å². The Labute approximate surface area is 73.6 Å². The molecule has 1 heteroatoms. The van der Waals surface area contributed by atoms with Gasteiger partial charge in [0.2, 0.25) is 0 Å². The van der Waals surface area contributed by atoms with Gasteiger partial charge >= 0.3 is 0 Å². The van der Waals surface area contributed by atoms with Crippen molar-refractivity contribution in [2.45, 2.75) is 32.2 Å². The van der Waals surface area contributed by atoms with Crippen molar-refractivity contribution < 1.29 is 0 Å². The van der Waals surface area contributed by atoms with E-state index in [0.717, 1.165) is 6.42 Å². The number of fused-ring (bicyclic) bond motifs is 1. The van der Waals surface area contributed by atoms with Gasteiger partial charge in [-0.1, -0.05) is 23.8 Å². The average molecular weight is 161 g/mol. The predicted octanol–water partition coefficient (Wildman–Crippen LogP) is 2.33. The molecule has 0 heterocycles. The van der Waals surface area contributed by atoms with Crippen LogP contribution in [0.4, 0.5) is 0 Å². The topological polar surface area (TPSA) is 26.0 Å². The normalized spacial score (nSPS) is 22.0. The second-order valence-corrected chi connectivity index (χ2v) is 3.70. The predicted molar refractivity (Wildman–Crippen MR) is 51.0 cm³/mol. The molecule has 1 aromatic carbocycles. The fourth-order valence-corrected chi connectivity index (χ4v) is 1.98. The summed E-state index contributed by atoms with van der Waals surface area (Å²) >= 11 is 0. The van der Waals surface area contributed by atoms with E-state index in [-0.39, 0.29) is 6.04 Å².